The van der Waals surface area contributed by atoms with Crippen LogP contribution in [0.25, 0.3) is 16.6 Å². The first-order valence-electron chi connectivity index (χ1n) is 6.65. The summed E-state index contributed by atoms with van der Waals surface area (Å²) in [6.07, 6.45) is 0. The van der Waals surface area contributed by atoms with Gasteiger partial charge in [-0.2, -0.15) is 0 Å². The lowest BCUT2D eigenvalue weighted by molar-refractivity contribution is -0.118. The van der Waals surface area contributed by atoms with Crippen molar-refractivity contribution in [2.45, 2.75) is 26.3 Å². The molecule has 0 atom stereocenters. The van der Waals surface area contributed by atoms with E-state index in [4.69, 9.17) is 5.73 Å². The van der Waals surface area contributed by atoms with Crippen molar-refractivity contribution in [1.29, 1.82) is 0 Å². The molecule has 0 saturated heterocycles. The molecule has 2 N–H and O–H groups in total. The number of nitrogens with two attached hydrogens (primary N) is 1. The molecule has 0 radical (unpaired) electrons. The van der Waals surface area contributed by atoms with Gasteiger partial charge in [-0.3, -0.25) is 4.79 Å². The minimum Gasteiger partial charge on any atom is -0.368 e. The van der Waals surface area contributed by atoms with E-state index in [1.165, 1.54) is 4.40 Å². The lowest BCUT2D eigenvalue weighted by Gasteiger charge is -2.08. The van der Waals surface area contributed by atoms with Crippen LogP contribution in [0.5, 0.6) is 0 Å². The standard InChI is InChI=1S/C14H15N5O2/c1-8(2)12-16-10-6-4-3-5-9(10)13-17-18(7-11(15)20)14(21)19(12)13/h3-6,8H,7H2,1-2H3,(H2,15,20). The zero-order valence-corrected chi connectivity index (χ0v) is 11.8. The summed E-state index contributed by atoms with van der Waals surface area (Å²) in [5.41, 5.74) is 6.03. The van der Waals surface area contributed by atoms with Crippen molar-refractivity contribution in [3.05, 3.63) is 40.6 Å². The highest BCUT2D eigenvalue weighted by Crippen LogP contribution is 2.20. The highest BCUT2D eigenvalue weighted by molar-refractivity contribution is 5.91. The monoisotopic (exact) mass is 285 g/mol. The number of rotatable bonds is 3. The number of nitrogens with zero attached hydrogens (tertiary/aromatic N) is 4. The molecule has 7 nitrogen and oxygen atoms in total. The van der Waals surface area contributed by atoms with Gasteiger partial charge in [0.15, 0.2) is 5.65 Å². The van der Waals surface area contributed by atoms with E-state index in [-0.39, 0.29) is 12.5 Å². The second kappa shape index (κ2) is 4.69. The van der Waals surface area contributed by atoms with Crippen molar-refractivity contribution in [2.24, 2.45) is 5.73 Å². The summed E-state index contributed by atoms with van der Waals surface area (Å²) in [5, 5.41) is 5.02. The highest BCUT2D eigenvalue weighted by atomic mass is 16.2. The van der Waals surface area contributed by atoms with Crippen LogP contribution in [0.2, 0.25) is 0 Å². The first-order valence-corrected chi connectivity index (χ1v) is 6.65. The van der Waals surface area contributed by atoms with E-state index in [0.29, 0.717) is 11.5 Å². The molecule has 0 fully saturated rings. The Kier molecular flexibility index (Phi) is 2.97. The van der Waals surface area contributed by atoms with Crippen LogP contribution in [-0.2, 0) is 11.3 Å². The smallest absolute Gasteiger partial charge is 0.352 e. The fourth-order valence-corrected chi connectivity index (χ4v) is 2.36. The van der Waals surface area contributed by atoms with Gasteiger partial charge in [0.25, 0.3) is 0 Å². The number of para-hydroxylation sites is 1. The molecule has 108 valence electrons. The third-order valence-corrected chi connectivity index (χ3v) is 3.27. The zero-order chi connectivity index (χ0) is 15.1. The molecule has 0 aliphatic heterocycles. The third-order valence-electron chi connectivity index (χ3n) is 3.27. The van der Waals surface area contributed by atoms with Crippen LogP contribution in [0.1, 0.15) is 25.6 Å². The van der Waals surface area contributed by atoms with E-state index < -0.39 is 11.6 Å². The largest absolute Gasteiger partial charge is 0.368 e. The number of benzene rings is 1. The van der Waals surface area contributed by atoms with Gasteiger partial charge in [0.2, 0.25) is 5.91 Å². The number of amides is 1. The Hall–Kier alpha value is -2.70. The molecule has 1 aromatic carbocycles. The van der Waals surface area contributed by atoms with Crippen molar-refractivity contribution >= 4 is 22.5 Å². The Morgan fingerprint density at radius 3 is 2.71 bits per heavy atom. The van der Waals surface area contributed by atoms with Gasteiger partial charge in [0, 0.05) is 11.3 Å². The van der Waals surface area contributed by atoms with Crippen molar-refractivity contribution in [2.75, 3.05) is 0 Å². The van der Waals surface area contributed by atoms with Gasteiger partial charge in [0.05, 0.1) is 5.52 Å². The van der Waals surface area contributed by atoms with Crippen LogP contribution in [0, 0.1) is 0 Å². The van der Waals surface area contributed by atoms with E-state index in [0.717, 1.165) is 15.6 Å². The van der Waals surface area contributed by atoms with E-state index in [1.807, 2.05) is 38.1 Å². The van der Waals surface area contributed by atoms with Gasteiger partial charge in [0.1, 0.15) is 12.4 Å². The number of fused-ring (bicyclic) bond motifs is 3. The van der Waals surface area contributed by atoms with E-state index in [1.54, 1.807) is 0 Å². The number of carbonyl (C=O) groups is 1. The van der Waals surface area contributed by atoms with Gasteiger partial charge in [-0.15, -0.1) is 5.10 Å². The van der Waals surface area contributed by atoms with Crippen LogP contribution in [0.3, 0.4) is 0 Å². The number of carbonyl (C=O) groups excluding carboxylic acids is 1. The summed E-state index contributed by atoms with van der Waals surface area (Å²) >= 11 is 0. The minimum atomic E-state index is -0.608. The Balaban J connectivity index is 2.47. The molecule has 3 rings (SSSR count). The van der Waals surface area contributed by atoms with Crippen LogP contribution < -0.4 is 11.4 Å². The van der Waals surface area contributed by atoms with Crippen molar-refractivity contribution < 1.29 is 4.79 Å². The predicted molar refractivity (Wildman–Crippen MR) is 78.0 cm³/mol. The third kappa shape index (κ3) is 2.06. The molecule has 0 unspecified atom stereocenters. The van der Waals surface area contributed by atoms with Crippen molar-refractivity contribution in [3.63, 3.8) is 0 Å². The lowest BCUT2D eigenvalue weighted by atomic mass is 10.2. The summed E-state index contributed by atoms with van der Waals surface area (Å²) in [6.45, 7) is 3.66. The molecule has 2 heterocycles. The van der Waals surface area contributed by atoms with Gasteiger partial charge < -0.3 is 5.73 Å². The maximum absolute atomic E-state index is 12.4. The fourth-order valence-electron chi connectivity index (χ4n) is 2.36. The average molecular weight is 285 g/mol. The van der Waals surface area contributed by atoms with Crippen LogP contribution in [0.15, 0.2) is 29.1 Å². The van der Waals surface area contributed by atoms with E-state index in [9.17, 15) is 9.59 Å². The second-order valence-corrected chi connectivity index (χ2v) is 5.21. The topological polar surface area (TPSA) is 95.3 Å². The van der Waals surface area contributed by atoms with Crippen molar-refractivity contribution in [1.82, 2.24) is 19.2 Å². The fraction of sp³-hybridized carbons (Fsp3) is 0.286. The second-order valence-electron chi connectivity index (χ2n) is 5.21. The first kappa shape index (κ1) is 13.3. The van der Waals surface area contributed by atoms with Crippen LogP contribution >= 0.6 is 0 Å². The normalized spacial score (nSPS) is 11.6. The number of hydrogen-bond acceptors (Lipinski definition) is 4. The minimum absolute atomic E-state index is 0.0426. The molecule has 3 aromatic rings. The molecule has 0 bridgehead atoms. The molecule has 0 aliphatic rings. The maximum atomic E-state index is 12.4. The Bertz CT molecular complexity index is 907. The molecular weight excluding hydrogens is 270 g/mol. The summed E-state index contributed by atoms with van der Waals surface area (Å²) in [6, 6.07) is 7.46. The van der Waals surface area contributed by atoms with Gasteiger partial charge in [-0.25, -0.2) is 18.9 Å². The summed E-state index contributed by atoms with van der Waals surface area (Å²) in [5.74, 6) is 0.0503. The van der Waals surface area contributed by atoms with Gasteiger partial charge in [-0.1, -0.05) is 26.0 Å². The number of hydrogen-bond donors (Lipinski definition) is 1. The Morgan fingerprint density at radius 2 is 2.05 bits per heavy atom. The van der Waals surface area contributed by atoms with Gasteiger partial charge in [-0.05, 0) is 12.1 Å². The molecular formula is C14H15N5O2. The molecule has 0 spiro atoms. The van der Waals surface area contributed by atoms with E-state index >= 15 is 0 Å². The summed E-state index contributed by atoms with van der Waals surface area (Å²) in [7, 11) is 0. The molecule has 0 aliphatic carbocycles. The summed E-state index contributed by atoms with van der Waals surface area (Å²) in [4.78, 5) is 28.1. The Labute approximate surface area is 120 Å². The van der Waals surface area contributed by atoms with Gasteiger partial charge >= 0.3 is 5.69 Å². The van der Waals surface area contributed by atoms with Crippen molar-refractivity contribution in [3.8, 4) is 0 Å². The number of aromatic nitrogens is 4. The summed E-state index contributed by atoms with van der Waals surface area (Å²) < 4.78 is 2.54. The van der Waals surface area contributed by atoms with Crippen LogP contribution in [-0.4, -0.2) is 25.1 Å². The molecule has 1 amide bonds. The SMILES string of the molecule is CC(C)c1nc2ccccc2c2nn(CC(N)=O)c(=O)n12. The molecule has 7 heteroatoms. The highest BCUT2D eigenvalue weighted by Gasteiger charge is 2.18. The van der Waals surface area contributed by atoms with Crippen LogP contribution in [0.4, 0.5) is 0 Å². The Morgan fingerprint density at radius 1 is 1.33 bits per heavy atom. The average Bonchev–Trinajstić information content (AvgIpc) is 2.75. The predicted octanol–water partition coefficient (Wildman–Crippen LogP) is 0.653. The molecule has 0 saturated carbocycles. The maximum Gasteiger partial charge on any atom is 0.352 e. The zero-order valence-electron chi connectivity index (χ0n) is 11.8. The molecule has 2 aromatic heterocycles. The lowest BCUT2D eigenvalue weighted by Crippen LogP contribution is -2.29. The quantitative estimate of drug-likeness (QED) is 0.764. The molecule has 21 heavy (non-hydrogen) atoms. The van der Waals surface area contributed by atoms with E-state index in [2.05, 4.69) is 10.1 Å². The first-order chi connectivity index (χ1) is 9.99. The number of primary amides is 1.